The third kappa shape index (κ3) is 2.93. The number of aliphatic imine (C=N–C) groups is 1. The van der Waals surface area contributed by atoms with Crippen molar-refractivity contribution in [1.29, 1.82) is 5.41 Å². The van der Waals surface area contributed by atoms with Gasteiger partial charge in [0.1, 0.15) is 5.82 Å². The topological polar surface area (TPSA) is 91.5 Å². The standard InChI is InChI=1S/C11H16FN5/c1-6-4-8(12)5-7(2)9(6)17(3)11(15)16-10(13)14/h4-5H,1-3H3,(H5,13,14,15,16). The molecule has 0 heterocycles. The highest BCUT2D eigenvalue weighted by atomic mass is 19.1. The molecule has 0 unspecified atom stereocenters. The Bertz CT molecular complexity index is 454. The van der Waals surface area contributed by atoms with Crippen molar-refractivity contribution < 1.29 is 4.39 Å². The molecule has 0 fully saturated rings. The number of nitrogens with zero attached hydrogens (tertiary/aromatic N) is 2. The van der Waals surface area contributed by atoms with Crippen molar-refractivity contribution in [2.45, 2.75) is 13.8 Å². The van der Waals surface area contributed by atoms with E-state index < -0.39 is 0 Å². The number of halogens is 1. The van der Waals surface area contributed by atoms with Crippen LogP contribution in [-0.4, -0.2) is 19.0 Å². The van der Waals surface area contributed by atoms with Crippen molar-refractivity contribution in [3.8, 4) is 0 Å². The van der Waals surface area contributed by atoms with Crippen molar-refractivity contribution in [3.05, 3.63) is 29.1 Å². The molecule has 1 aromatic rings. The fourth-order valence-electron chi connectivity index (χ4n) is 1.74. The van der Waals surface area contributed by atoms with Gasteiger partial charge in [-0.05, 0) is 37.1 Å². The molecular formula is C11H16FN5. The van der Waals surface area contributed by atoms with Crippen LogP contribution in [0.1, 0.15) is 11.1 Å². The summed E-state index contributed by atoms with van der Waals surface area (Å²) in [6, 6.07) is 2.81. The van der Waals surface area contributed by atoms with Crippen LogP contribution in [-0.2, 0) is 0 Å². The molecule has 0 aliphatic rings. The molecule has 0 amide bonds. The Hall–Kier alpha value is -2.11. The van der Waals surface area contributed by atoms with Gasteiger partial charge in [0, 0.05) is 12.7 Å². The number of guanidine groups is 2. The predicted octanol–water partition coefficient (Wildman–Crippen LogP) is 1.09. The largest absolute Gasteiger partial charge is 0.370 e. The minimum atomic E-state index is -0.300. The summed E-state index contributed by atoms with van der Waals surface area (Å²) in [5.74, 6) is -0.576. The van der Waals surface area contributed by atoms with E-state index in [4.69, 9.17) is 16.9 Å². The van der Waals surface area contributed by atoms with Crippen LogP contribution in [0, 0.1) is 25.1 Å². The first-order valence-corrected chi connectivity index (χ1v) is 5.01. The summed E-state index contributed by atoms with van der Waals surface area (Å²) in [7, 11) is 1.65. The van der Waals surface area contributed by atoms with Gasteiger partial charge in [-0.3, -0.25) is 5.41 Å². The highest BCUT2D eigenvalue weighted by Gasteiger charge is 2.13. The summed E-state index contributed by atoms with van der Waals surface area (Å²) in [4.78, 5) is 5.15. The van der Waals surface area contributed by atoms with Crippen LogP contribution in [0.3, 0.4) is 0 Å². The summed E-state index contributed by atoms with van der Waals surface area (Å²) in [5.41, 5.74) is 12.6. The van der Waals surface area contributed by atoms with Gasteiger partial charge in [-0.15, -0.1) is 0 Å². The van der Waals surface area contributed by atoms with Crippen LogP contribution < -0.4 is 16.4 Å². The average molecular weight is 237 g/mol. The van der Waals surface area contributed by atoms with Gasteiger partial charge in [0.2, 0.25) is 5.96 Å². The van der Waals surface area contributed by atoms with Crippen LogP contribution in [0.2, 0.25) is 0 Å². The molecule has 92 valence electrons. The molecule has 1 aromatic carbocycles. The molecule has 0 atom stereocenters. The minimum Gasteiger partial charge on any atom is -0.370 e. The van der Waals surface area contributed by atoms with Crippen LogP contribution in [0.4, 0.5) is 10.1 Å². The SMILES string of the molecule is Cc1cc(F)cc(C)c1N(C)C(=N)N=C(N)N. The highest BCUT2D eigenvalue weighted by Crippen LogP contribution is 2.25. The van der Waals surface area contributed by atoms with Gasteiger partial charge in [0.05, 0.1) is 0 Å². The maximum Gasteiger partial charge on any atom is 0.225 e. The van der Waals surface area contributed by atoms with Crippen LogP contribution in [0.15, 0.2) is 17.1 Å². The van der Waals surface area contributed by atoms with Crippen LogP contribution in [0.25, 0.3) is 0 Å². The Morgan fingerprint density at radius 2 is 1.76 bits per heavy atom. The molecular weight excluding hydrogens is 221 g/mol. The molecule has 0 aromatic heterocycles. The van der Waals surface area contributed by atoms with E-state index in [0.717, 1.165) is 16.8 Å². The van der Waals surface area contributed by atoms with Gasteiger partial charge < -0.3 is 16.4 Å². The van der Waals surface area contributed by atoms with E-state index in [9.17, 15) is 4.39 Å². The molecule has 1 rings (SSSR count). The zero-order valence-electron chi connectivity index (χ0n) is 10.1. The second-order valence-electron chi connectivity index (χ2n) is 3.81. The lowest BCUT2D eigenvalue weighted by Gasteiger charge is -2.21. The number of benzene rings is 1. The average Bonchev–Trinajstić information content (AvgIpc) is 2.14. The van der Waals surface area contributed by atoms with E-state index in [1.165, 1.54) is 17.0 Å². The Balaban J connectivity index is 3.17. The van der Waals surface area contributed by atoms with Gasteiger partial charge in [-0.25, -0.2) is 4.39 Å². The summed E-state index contributed by atoms with van der Waals surface area (Å²) >= 11 is 0. The minimum absolute atomic E-state index is 0.0946. The second-order valence-corrected chi connectivity index (χ2v) is 3.81. The number of hydrogen-bond donors (Lipinski definition) is 3. The monoisotopic (exact) mass is 237 g/mol. The fourth-order valence-corrected chi connectivity index (χ4v) is 1.74. The molecule has 0 radical (unpaired) electrons. The molecule has 0 aliphatic heterocycles. The van der Waals surface area contributed by atoms with Gasteiger partial charge in [-0.2, -0.15) is 4.99 Å². The van der Waals surface area contributed by atoms with Gasteiger partial charge in [0.15, 0.2) is 5.96 Å². The molecule has 6 heteroatoms. The van der Waals surface area contributed by atoms with Crippen LogP contribution >= 0.6 is 0 Å². The maximum absolute atomic E-state index is 13.1. The first-order valence-electron chi connectivity index (χ1n) is 5.01. The number of rotatable bonds is 1. The zero-order chi connectivity index (χ0) is 13.2. The second kappa shape index (κ2) is 4.82. The van der Waals surface area contributed by atoms with Gasteiger partial charge in [0.25, 0.3) is 0 Å². The summed E-state index contributed by atoms with van der Waals surface area (Å²) < 4.78 is 13.1. The van der Waals surface area contributed by atoms with Crippen molar-refractivity contribution in [1.82, 2.24) is 0 Å². The first kappa shape index (κ1) is 13.0. The predicted molar refractivity (Wildman–Crippen MR) is 67.8 cm³/mol. The van der Waals surface area contributed by atoms with Crippen molar-refractivity contribution >= 4 is 17.6 Å². The molecule has 0 aliphatic carbocycles. The lowest BCUT2D eigenvalue weighted by Crippen LogP contribution is -2.31. The number of hydrogen-bond acceptors (Lipinski definition) is 1. The van der Waals surface area contributed by atoms with Crippen LogP contribution in [0.5, 0.6) is 0 Å². The number of anilines is 1. The Morgan fingerprint density at radius 3 is 2.18 bits per heavy atom. The molecule has 0 saturated heterocycles. The molecule has 0 saturated carbocycles. The van der Waals surface area contributed by atoms with E-state index in [1.807, 2.05) is 0 Å². The normalized spacial score (nSPS) is 9.88. The van der Waals surface area contributed by atoms with E-state index >= 15 is 0 Å². The highest BCUT2D eigenvalue weighted by molar-refractivity contribution is 6.01. The number of nitrogens with two attached hydrogens (primary N) is 2. The first-order chi connectivity index (χ1) is 7.82. The van der Waals surface area contributed by atoms with Gasteiger partial charge in [-0.1, -0.05) is 0 Å². The molecule has 5 nitrogen and oxygen atoms in total. The number of nitrogens with one attached hydrogen (secondary N) is 1. The molecule has 17 heavy (non-hydrogen) atoms. The maximum atomic E-state index is 13.1. The Morgan fingerprint density at radius 1 is 1.29 bits per heavy atom. The summed E-state index contributed by atoms with van der Waals surface area (Å²) in [6.45, 7) is 3.54. The van der Waals surface area contributed by atoms with Crippen molar-refractivity contribution in [3.63, 3.8) is 0 Å². The quantitative estimate of drug-likeness (QED) is 0.504. The van der Waals surface area contributed by atoms with Crippen molar-refractivity contribution in [2.24, 2.45) is 16.5 Å². The zero-order valence-corrected chi connectivity index (χ0v) is 10.1. The molecule has 0 spiro atoms. The third-order valence-electron chi connectivity index (χ3n) is 2.34. The fraction of sp³-hybridized carbons (Fsp3) is 0.273. The van der Waals surface area contributed by atoms with E-state index in [-0.39, 0.29) is 17.7 Å². The Labute approximate surface area is 99.4 Å². The lowest BCUT2D eigenvalue weighted by atomic mass is 10.1. The molecule has 5 N–H and O–H groups in total. The van der Waals surface area contributed by atoms with E-state index in [2.05, 4.69) is 4.99 Å². The Kier molecular flexibility index (Phi) is 3.67. The lowest BCUT2D eigenvalue weighted by molar-refractivity contribution is 0.625. The summed E-state index contributed by atoms with van der Waals surface area (Å²) in [6.07, 6.45) is 0. The molecule has 0 bridgehead atoms. The van der Waals surface area contributed by atoms with E-state index in [0.29, 0.717) is 0 Å². The third-order valence-corrected chi connectivity index (χ3v) is 2.34. The van der Waals surface area contributed by atoms with Crippen molar-refractivity contribution in [2.75, 3.05) is 11.9 Å². The van der Waals surface area contributed by atoms with Gasteiger partial charge >= 0.3 is 0 Å². The number of aryl methyl sites for hydroxylation is 2. The summed E-state index contributed by atoms with van der Waals surface area (Å²) in [5, 5.41) is 7.69. The smallest absolute Gasteiger partial charge is 0.225 e. The van der Waals surface area contributed by atoms with E-state index in [1.54, 1.807) is 20.9 Å².